The number of rotatable bonds is 11. The van der Waals surface area contributed by atoms with Crippen LogP contribution in [0.3, 0.4) is 0 Å². The third-order valence-corrected chi connectivity index (χ3v) is 6.57. The molecule has 8 nitrogen and oxygen atoms in total. The molecule has 0 saturated carbocycles. The number of hydrogen-bond acceptors (Lipinski definition) is 7. The van der Waals surface area contributed by atoms with Crippen LogP contribution in [0.5, 0.6) is 11.5 Å². The first-order valence-electron chi connectivity index (χ1n) is 11.4. The van der Waals surface area contributed by atoms with Gasteiger partial charge < -0.3 is 9.47 Å². The molecule has 3 aromatic carbocycles. The highest BCUT2D eigenvalue weighted by Gasteiger charge is 2.25. The molecule has 0 aliphatic carbocycles. The molecule has 0 aliphatic heterocycles. The third kappa shape index (κ3) is 6.62. The fourth-order valence-electron chi connectivity index (χ4n) is 3.63. The molecule has 0 amide bonds. The number of benzene rings is 3. The lowest BCUT2D eigenvalue weighted by molar-refractivity contribution is -0.479. The molecule has 0 aliphatic rings. The molecular formula is C26H24F2N4O4S. The Bertz CT molecular complexity index is 1360. The van der Waals surface area contributed by atoms with Gasteiger partial charge in [0.2, 0.25) is 6.54 Å². The van der Waals surface area contributed by atoms with Crippen LogP contribution in [-0.4, -0.2) is 32.8 Å². The summed E-state index contributed by atoms with van der Waals surface area (Å²) in [6.45, 7) is 3.77. The standard InChI is InChI=1S/C26H24F2N4O4S/c1-3-35-24-14-19(6-13-23(24)36-16-18-4-7-20(27)8-5-18)25(15-31(33)34)37-26-30-29-17(2)32(26)22-11-9-21(28)10-12-22/h4-14,25H,3,15-16H2,1-2H3/t25-/m0/s1. The topological polar surface area (TPSA) is 92.3 Å². The smallest absolute Gasteiger partial charge is 0.220 e. The Morgan fingerprint density at radius 3 is 2.30 bits per heavy atom. The molecule has 0 fully saturated rings. The van der Waals surface area contributed by atoms with Gasteiger partial charge in [-0.05, 0) is 73.5 Å². The fourth-order valence-corrected chi connectivity index (χ4v) is 4.80. The van der Waals surface area contributed by atoms with Gasteiger partial charge in [0.05, 0.1) is 6.61 Å². The van der Waals surface area contributed by atoms with E-state index in [1.165, 1.54) is 36.0 Å². The summed E-state index contributed by atoms with van der Waals surface area (Å²) in [7, 11) is 0. The fraction of sp³-hybridized carbons (Fsp3) is 0.231. The second-order valence-corrected chi connectivity index (χ2v) is 9.19. The molecule has 0 unspecified atom stereocenters. The summed E-state index contributed by atoms with van der Waals surface area (Å²) in [4.78, 5) is 11.2. The van der Waals surface area contributed by atoms with Crippen molar-refractivity contribution in [1.29, 1.82) is 0 Å². The molecule has 4 aromatic rings. The first-order valence-corrected chi connectivity index (χ1v) is 12.3. The molecule has 0 radical (unpaired) electrons. The highest BCUT2D eigenvalue weighted by atomic mass is 32.2. The number of nitro groups is 1. The van der Waals surface area contributed by atoms with E-state index < -0.39 is 5.25 Å². The number of aromatic nitrogens is 3. The molecule has 1 aromatic heterocycles. The summed E-state index contributed by atoms with van der Waals surface area (Å²) in [5.74, 6) is 0.758. The van der Waals surface area contributed by atoms with Crippen LogP contribution in [0.15, 0.2) is 71.9 Å². The van der Waals surface area contributed by atoms with Gasteiger partial charge in [-0.3, -0.25) is 14.7 Å². The van der Waals surface area contributed by atoms with Crippen LogP contribution >= 0.6 is 11.8 Å². The minimum Gasteiger partial charge on any atom is -0.490 e. The summed E-state index contributed by atoms with van der Waals surface area (Å²) < 4.78 is 40.0. The SMILES string of the molecule is CCOc1cc([C@H](C[N+](=O)[O-])Sc2nnc(C)n2-c2ccc(F)cc2)ccc1OCc1ccc(F)cc1. The van der Waals surface area contributed by atoms with Crippen molar-refractivity contribution in [2.24, 2.45) is 0 Å². The molecule has 4 rings (SSSR count). The van der Waals surface area contributed by atoms with Crippen molar-refractivity contribution >= 4 is 11.8 Å². The molecule has 1 heterocycles. The molecule has 0 saturated heterocycles. The van der Waals surface area contributed by atoms with E-state index in [9.17, 15) is 18.9 Å². The van der Waals surface area contributed by atoms with Crippen LogP contribution < -0.4 is 9.47 Å². The van der Waals surface area contributed by atoms with E-state index in [1.54, 1.807) is 54.0 Å². The zero-order chi connectivity index (χ0) is 26.4. The molecule has 192 valence electrons. The molecule has 0 bridgehead atoms. The van der Waals surface area contributed by atoms with Gasteiger partial charge in [-0.25, -0.2) is 8.78 Å². The van der Waals surface area contributed by atoms with E-state index in [2.05, 4.69) is 10.2 Å². The van der Waals surface area contributed by atoms with E-state index in [1.807, 2.05) is 6.92 Å². The van der Waals surface area contributed by atoms with E-state index >= 15 is 0 Å². The largest absolute Gasteiger partial charge is 0.490 e. The molecule has 0 spiro atoms. The first kappa shape index (κ1) is 26.1. The Morgan fingerprint density at radius 1 is 0.973 bits per heavy atom. The zero-order valence-corrected chi connectivity index (χ0v) is 21.0. The number of hydrogen-bond donors (Lipinski definition) is 0. The number of halogens is 2. The normalized spacial score (nSPS) is 11.8. The summed E-state index contributed by atoms with van der Waals surface area (Å²) in [5.41, 5.74) is 2.07. The van der Waals surface area contributed by atoms with Gasteiger partial charge in [-0.1, -0.05) is 30.0 Å². The van der Waals surface area contributed by atoms with E-state index in [0.717, 1.165) is 5.56 Å². The van der Waals surface area contributed by atoms with Crippen molar-refractivity contribution < 1.29 is 23.2 Å². The average molecular weight is 527 g/mol. The highest BCUT2D eigenvalue weighted by molar-refractivity contribution is 7.99. The van der Waals surface area contributed by atoms with Crippen LogP contribution in [0.25, 0.3) is 5.69 Å². The van der Waals surface area contributed by atoms with E-state index in [4.69, 9.17) is 9.47 Å². The van der Waals surface area contributed by atoms with Gasteiger partial charge in [0.25, 0.3) is 0 Å². The molecule has 0 N–H and O–H groups in total. The van der Waals surface area contributed by atoms with Gasteiger partial charge in [0.1, 0.15) is 29.3 Å². The van der Waals surface area contributed by atoms with Crippen LogP contribution in [0.4, 0.5) is 8.78 Å². The number of aryl methyl sites for hydroxylation is 1. The predicted octanol–water partition coefficient (Wildman–Crippen LogP) is 5.94. The van der Waals surface area contributed by atoms with Gasteiger partial charge >= 0.3 is 0 Å². The van der Waals surface area contributed by atoms with Gasteiger partial charge in [0.15, 0.2) is 16.7 Å². The first-order chi connectivity index (χ1) is 17.8. The van der Waals surface area contributed by atoms with Crippen molar-refractivity contribution in [2.45, 2.75) is 30.9 Å². The summed E-state index contributed by atoms with van der Waals surface area (Å²) in [6, 6.07) is 17.0. The van der Waals surface area contributed by atoms with Crippen LogP contribution in [-0.2, 0) is 6.61 Å². The van der Waals surface area contributed by atoms with Gasteiger partial charge in [-0.2, -0.15) is 0 Å². The summed E-state index contributed by atoms with van der Waals surface area (Å²) in [6.07, 6.45) is 0. The second kappa shape index (κ2) is 11.8. The number of thioether (sulfide) groups is 1. The maximum absolute atomic E-state index is 13.4. The molecular weight excluding hydrogens is 502 g/mol. The quantitative estimate of drug-likeness (QED) is 0.136. The second-order valence-electron chi connectivity index (χ2n) is 8.02. The number of nitrogens with zero attached hydrogens (tertiary/aromatic N) is 4. The minimum absolute atomic E-state index is 0.201. The van der Waals surface area contributed by atoms with Crippen molar-refractivity contribution in [3.8, 4) is 17.2 Å². The number of ether oxygens (including phenoxy) is 2. The Balaban J connectivity index is 1.61. The average Bonchev–Trinajstić information content (AvgIpc) is 3.24. The lowest BCUT2D eigenvalue weighted by Gasteiger charge is -2.17. The molecule has 37 heavy (non-hydrogen) atoms. The predicted molar refractivity (Wildman–Crippen MR) is 135 cm³/mol. The van der Waals surface area contributed by atoms with Crippen LogP contribution in [0.2, 0.25) is 0 Å². The lowest BCUT2D eigenvalue weighted by atomic mass is 10.1. The Labute approximate surface area is 216 Å². The molecule has 1 atom stereocenters. The van der Waals surface area contributed by atoms with Crippen molar-refractivity contribution in [3.05, 3.63) is 105 Å². The molecule has 11 heteroatoms. The lowest BCUT2D eigenvalue weighted by Crippen LogP contribution is -2.11. The van der Waals surface area contributed by atoms with Crippen molar-refractivity contribution in [3.63, 3.8) is 0 Å². The Morgan fingerprint density at radius 2 is 1.65 bits per heavy atom. The van der Waals surface area contributed by atoms with E-state index in [-0.39, 0.29) is 29.7 Å². The van der Waals surface area contributed by atoms with Gasteiger partial charge in [-0.15, -0.1) is 10.2 Å². The van der Waals surface area contributed by atoms with Gasteiger partial charge in [0, 0.05) is 10.6 Å². The van der Waals surface area contributed by atoms with Crippen LogP contribution in [0.1, 0.15) is 29.1 Å². The Hall–Kier alpha value is -3.99. The maximum atomic E-state index is 13.4. The summed E-state index contributed by atoms with van der Waals surface area (Å²) >= 11 is 1.18. The van der Waals surface area contributed by atoms with Crippen molar-refractivity contribution in [1.82, 2.24) is 14.8 Å². The third-order valence-electron chi connectivity index (χ3n) is 5.39. The zero-order valence-electron chi connectivity index (χ0n) is 20.1. The highest BCUT2D eigenvalue weighted by Crippen LogP contribution is 2.39. The maximum Gasteiger partial charge on any atom is 0.220 e. The monoisotopic (exact) mass is 526 g/mol. The Kier molecular flexibility index (Phi) is 8.34. The summed E-state index contributed by atoms with van der Waals surface area (Å²) in [5, 5.41) is 19.7. The van der Waals surface area contributed by atoms with Crippen LogP contribution in [0, 0.1) is 28.7 Å². The van der Waals surface area contributed by atoms with Crippen molar-refractivity contribution in [2.75, 3.05) is 13.2 Å². The van der Waals surface area contributed by atoms with E-state index in [0.29, 0.717) is 40.3 Å². The minimum atomic E-state index is -0.622.